The zero-order valence-electron chi connectivity index (χ0n) is 17.6. The van der Waals surface area contributed by atoms with E-state index in [9.17, 15) is 14.0 Å². The van der Waals surface area contributed by atoms with E-state index in [1.54, 1.807) is 29.8 Å². The molecule has 4 rings (SSSR count). The number of nitrogens with zero attached hydrogens (tertiary/aromatic N) is 4. The van der Waals surface area contributed by atoms with Gasteiger partial charge >= 0.3 is 0 Å². The van der Waals surface area contributed by atoms with E-state index >= 15 is 0 Å². The summed E-state index contributed by atoms with van der Waals surface area (Å²) in [5, 5.41) is 0.889. The molecule has 1 saturated heterocycles. The summed E-state index contributed by atoms with van der Waals surface area (Å²) in [6.45, 7) is 3.13. The van der Waals surface area contributed by atoms with Gasteiger partial charge in [0, 0.05) is 49.8 Å². The maximum Gasteiger partial charge on any atom is 0.274 e. The summed E-state index contributed by atoms with van der Waals surface area (Å²) in [4.78, 5) is 31.7. The van der Waals surface area contributed by atoms with Crippen LogP contribution in [0, 0.1) is 5.82 Å². The van der Waals surface area contributed by atoms with Gasteiger partial charge in [-0.05, 0) is 37.4 Å². The van der Waals surface area contributed by atoms with Crippen molar-refractivity contribution in [1.29, 1.82) is 0 Å². The molecule has 8 heteroatoms. The smallest absolute Gasteiger partial charge is 0.274 e. The van der Waals surface area contributed by atoms with Gasteiger partial charge in [0.2, 0.25) is 5.91 Å². The van der Waals surface area contributed by atoms with Crippen LogP contribution in [0.25, 0.3) is 10.9 Å². The molecule has 6 nitrogen and oxygen atoms in total. The molecule has 2 aromatic carbocycles. The Hall–Kier alpha value is -2.90. The molecular formula is C23H26ClFN4O2. The molecule has 2 amide bonds. The van der Waals surface area contributed by atoms with Crippen molar-refractivity contribution in [1.82, 2.24) is 14.4 Å². The number of hydrogen-bond acceptors (Lipinski definition) is 3. The quantitative estimate of drug-likeness (QED) is 0.620. The second-order valence-corrected chi connectivity index (χ2v) is 7.70. The van der Waals surface area contributed by atoms with E-state index in [2.05, 4.69) is 4.90 Å². The van der Waals surface area contributed by atoms with E-state index in [4.69, 9.17) is 0 Å². The van der Waals surface area contributed by atoms with Gasteiger partial charge < -0.3 is 19.3 Å². The number of hydrogen-bond donors (Lipinski definition) is 0. The van der Waals surface area contributed by atoms with E-state index in [0.29, 0.717) is 24.5 Å². The predicted molar refractivity (Wildman–Crippen MR) is 122 cm³/mol. The number of benzene rings is 2. The van der Waals surface area contributed by atoms with Gasteiger partial charge in [0.15, 0.2) is 0 Å². The standard InChI is InChI=1S/C23H25FN4O2.ClH/c1-25-10-12-27(13-11-25)22(29)16-28-20-9-4-3-6-17(20)14-21(28)23(30)26(2)19-8-5-7-18(24)15-19;/h3-9,14-15H,10-13,16H2,1-2H3;1H. The van der Waals surface area contributed by atoms with Gasteiger partial charge in [-0.25, -0.2) is 4.39 Å². The Morgan fingerprint density at radius 3 is 2.42 bits per heavy atom. The summed E-state index contributed by atoms with van der Waals surface area (Å²) in [5.41, 5.74) is 1.70. The number of anilines is 1. The summed E-state index contributed by atoms with van der Waals surface area (Å²) in [5.74, 6) is -0.701. The molecule has 0 unspecified atom stereocenters. The molecular weight excluding hydrogens is 419 g/mol. The van der Waals surface area contributed by atoms with Gasteiger partial charge in [0.1, 0.15) is 18.1 Å². The average Bonchev–Trinajstić information content (AvgIpc) is 3.11. The summed E-state index contributed by atoms with van der Waals surface area (Å²) in [6.07, 6.45) is 0. The molecule has 0 aliphatic carbocycles. The maximum atomic E-state index is 13.6. The number of carbonyl (C=O) groups is 2. The Balaban J connectivity index is 0.00000272. The zero-order valence-corrected chi connectivity index (χ0v) is 18.4. The van der Waals surface area contributed by atoms with Crippen LogP contribution in [-0.2, 0) is 11.3 Å². The highest BCUT2D eigenvalue weighted by atomic mass is 35.5. The van der Waals surface area contributed by atoms with Crippen molar-refractivity contribution in [2.45, 2.75) is 6.54 Å². The molecule has 3 aromatic rings. The molecule has 1 aliphatic rings. The van der Waals surface area contributed by atoms with Gasteiger partial charge in [-0.3, -0.25) is 9.59 Å². The normalized spacial score (nSPS) is 14.4. The van der Waals surface area contributed by atoms with Crippen molar-refractivity contribution < 1.29 is 14.0 Å². The molecule has 1 aromatic heterocycles. The average molecular weight is 445 g/mol. The van der Waals surface area contributed by atoms with Crippen LogP contribution >= 0.6 is 12.4 Å². The maximum absolute atomic E-state index is 13.6. The summed E-state index contributed by atoms with van der Waals surface area (Å²) in [7, 11) is 3.65. The lowest BCUT2D eigenvalue weighted by Gasteiger charge is -2.32. The number of piperazine rings is 1. The van der Waals surface area contributed by atoms with Crippen LogP contribution in [0.4, 0.5) is 10.1 Å². The van der Waals surface area contributed by atoms with Crippen molar-refractivity contribution in [3.05, 3.63) is 66.1 Å². The van der Waals surface area contributed by atoms with Crippen LogP contribution in [0.1, 0.15) is 10.5 Å². The van der Waals surface area contributed by atoms with Crippen molar-refractivity contribution in [2.24, 2.45) is 0 Å². The number of amides is 2. The molecule has 164 valence electrons. The summed E-state index contributed by atoms with van der Waals surface area (Å²) in [6, 6.07) is 15.3. The molecule has 0 spiro atoms. The fourth-order valence-corrected chi connectivity index (χ4v) is 3.82. The first-order chi connectivity index (χ1) is 14.4. The van der Waals surface area contributed by atoms with Gasteiger partial charge in [-0.2, -0.15) is 0 Å². The number of aromatic nitrogens is 1. The molecule has 0 atom stereocenters. The fraction of sp³-hybridized carbons (Fsp3) is 0.304. The molecule has 0 N–H and O–H groups in total. The first-order valence-corrected chi connectivity index (χ1v) is 10.0. The first kappa shape index (κ1) is 22.8. The number of para-hydroxylation sites is 1. The molecule has 0 bridgehead atoms. The molecule has 1 aliphatic heterocycles. The van der Waals surface area contributed by atoms with Crippen LogP contribution in [0.15, 0.2) is 54.6 Å². The molecule has 1 fully saturated rings. The summed E-state index contributed by atoms with van der Waals surface area (Å²) >= 11 is 0. The Bertz CT molecular complexity index is 1090. The van der Waals surface area contributed by atoms with Gasteiger partial charge in [-0.15, -0.1) is 12.4 Å². The Kier molecular flexibility index (Phi) is 6.97. The third-order valence-corrected chi connectivity index (χ3v) is 5.68. The Morgan fingerprint density at radius 2 is 1.71 bits per heavy atom. The van der Waals surface area contributed by atoms with Gasteiger partial charge in [0.05, 0.1) is 0 Å². The largest absolute Gasteiger partial charge is 0.339 e. The second-order valence-electron chi connectivity index (χ2n) is 7.70. The molecule has 0 saturated carbocycles. The van der Waals surface area contributed by atoms with E-state index in [-0.39, 0.29) is 30.8 Å². The number of rotatable bonds is 4. The van der Waals surface area contributed by atoms with Crippen LogP contribution in [-0.4, -0.2) is 66.5 Å². The van der Waals surface area contributed by atoms with Gasteiger partial charge in [0.25, 0.3) is 5.91 Å². The summed E-state index contributed by atoms with van der Waals surface area (Å²) < 4.78 is 15.4. The lowest BCUT2D eigenvalue weighted by molar-refractivity contribution is -0.133. The number of likely N-dealkylation sites (N-methyl/N-ethyl adjacent to an activating group) is 1. The van der Waals surface area contributed by atoms with Crippen LogP contribution in [0.5, 0.6) is 0 Å². The van der Waals surface area contributed by atoms with Crippen molar-refractivity contribution >= 4 is 40.8 Å². The van der Waals surface area contributed by atoms with Crippen LogP contribution in [0.3, 0.4) is 0 Å². The predicted octanol–water partition coefficient (Wildman–Crippen LogP) is 3.25. The Labute approximate surface area is 187 Å². The van der Waals surface area contributed by atoms with E-state index in [0.717, 1.165) is 24.0 Å². The first-order valence-electron chi connectivity index (χ1n) is 10.0. The van der Waals surface area contributed by atoms with Crippen molar-refractivity contribution in [3.8, 4) is 0 Å². The SMILES string of the molecule is CN1CCN(C(=O)Cn2c(C(=O)N(C)c3cccc(F)c3)cc3ccccc32)CC1.Cl. The number of fused-ring (bicyclic) bond motifs is 1. The highest BCUT2D eigenvalue weighted by molar-refractivity contribution is 6.08. The molecule has 2 heterocycles. The topological polar surface area (TPSA) is 48.8 Å². The highest BCUT2D eigenvalue weighted by Gasteiger charge is 2.24. The zero-order chi connectivity index (χ0) is 21.3. The van der Waals surface area contributed by atoms with Crippen LogP contribution in [0.2, 0.25) is 0 Å². The third kappa shape index (κ3) is 4.73. The second kappa shape index (κ2) is 9.49. The monoisotopic (exact) mass is 444 g/mol. The van der Waals surface area contributed by atoms with Gasteiger partial charge in [-0.1, -0.05) is 24.3 Å². The molecule has 0 radical (unpaired) electrons. The minimum absolute atomic E-state index is 0. The van der Waals surface area contributed by atoms with E-state index < -0.39 is 5.82 Å². The van der Waals surface area contributed by atoms with Crippen molar-refractivity contribution in [2.75, 3.05) is 45.2 Å². The van der Waals surface area contributed by atoms with Crippen molar-refractivity contribution in [3.63, 3.8) is 0 Å². The lowest BCUT2D eigenvalue weighted by atomic mass is 10.2. The van der Waals surface area contributed by atoms with E-state index in [1.807, 2.05) is 36.2 Å². The number of halogens is 2. The Morgan fingerprint density at radius 1 is 1.00 bits per heavy atom. The van der Waals surface area contributed by atoms with Crippen LogP contribution < -0.4 is 4.90 Å². The third-order valence-electron chi connectivity index (χ3n) is 5.68. The number of carbonyl (C=O) groups excluding carboxylic acids is 2. The highest BCUT2D eigenvalue weighted by Crippen LogP contribution is 2.24. The van der Waals surface area contributed by atoms with E-state index in [1.165, 1.54) is 17.0 Å². The minimum Gasteiger partial charge on any atom is -0.339 e. The lowest BCUT2D eigenvalue weighted by Crippen LogP contribution is -2.48. The fourth-order valence-electron chi connectivity index (χ4n) is 3.82. The molecule has 31 heavy (non-hydrogen) atoms. The minimum atomic E-state index is -0.405.